The van der Waals surface area contributed by atoms with Gasteiger partial charge in [0.1, 0.15) is 5.69 Å². The summed E-state index contributed by atoms with van der Waals surface area (Å²) in [7, 11) is 0. The number of hydrogen-bond donors (Lipinski definition) is 1. The van der Waals surface area contributed by atoms with Gasteiger partial charge in [0, 0.05) is 37.6 Å². The Bertz CT molecular complexity index is 397. The maximum absolute atomic E-state index is 11.1. The second-order valence-electron chi connectivity index (χ2n) is 4.67. The van der Waals surface area contributed by atoms with Gasteiger partial charge in [-0.1, -0.05) is 0 Å². The Hall–Kier alpha value is -0.940. The molecule has 0 amide bonds. The summed E-state index contributed by atoms with van der Waals surface area (Å²) in [5, 5.41) is 9.12. The summed E-state index contributed by atoms with van der Waals surface area (Å²) in [6.07, 6.45) is 6.12. The summed E-state index contributed by atoms with van der Waals surface area (Å²) in [5.41, 5.74) is 0.414. The van der Waals surface area contributed by atoms with Gasteiger partial charge in [0.2, 0.25) is 0 Å². The van der Waals surface area contributed by atoms with Crippen molar-refractivity contribution in [2.24, 2.45) is 0 Å². The predicted molar refractivity (Wildman–Crippen MR) is 74.5 cm³/mol. The van der Waals surface area contributed by atoms with Crippen LogP contribution < -0.4 is 0 Å². The number of thioether (sulfide) groups is 1. The van der Waals surface area contributed by atoms with Crippen LogP contribution in [0.4, 0.5) is 0 Å². The van der Waals surface area contributed by atoms with Crippen LogP contribution in [0.5, 0.6) is 0 Å². The second kappa shape index (κ2) is 6.29. The number of aromatic carboxylic acids is 1. The number of aromatic nitrogens is 1. The van der Waals surface area contributed by atoms with Crippen molar-refractivity contribution < 1.29 is 9.90 Å². The molecule has 1 N–H and O–H groups in total. The van der Waals surface area contributed by atoms with Crippen LogP contribution in [0.1, 0.15) is 29.4 Å². The largest absolute Gasteiger partial charge is 0.477 e. The maximum Gasteiger partial charge on any atom is 0.352 e. The molecule has 0 radical (unpaired) electrons. The normalized spacial score (nSPS) is 18.1. The van der Waals surface area contributed by atoms with Crippen LogP contribution in [-0.4, -0.2) is 52.2 Å². The number of hydrogen-bond acceptors (Lipinski definition) is 3. The molecule has 0 aliphatic carbocycles. The molecule has 0 aromatic carbocycles. The molecule has 1 aliphatic rings. The van der Waals surface area contributed by atoms with Gasteiger partial charge >= 0.3 is 5.97 Å². The van der Waals surface area contributed by atoms with E-state index in [1.807, 2.05) is 28.6 Å². The molecule has 1 aromatic heterocycles. The zero-order valence-electron chi connectivity index (χ0n) is 10.7. The Labute approximate surface area is 112 Å². The van der Waals surface area contributed by atoms with Crippen molar-refractivity contribution in [3.63, 3.8) is 0 Å². The van der Waals surface area contributed by atoms with Gasteiger partial charge in [-0.05, 0) is 31.2 Å². The highest BCUT2D eigenvalue weighted by Gasteiger charge is 2.22. The van der Waals surface area contributed by atoms with Crippen LogP contribution in [0.15, 0.2) is 18.3 Å². The van der Waals surface area contributed by atoms with Crippen LogP contribution in [0.2, 0.25) is 0 Å². The van der Waals surface area contributed by atoms with E-state index in [0.717, 1.165) is 32.5 Å². The minimum absolute atomic E-state index is 0.344. The van der Waals surface area contributed by atoms with Crippen LogP contribution >= 0.6 is 11.8 Å². The molecule has 18 heavy (non-hydrogen) atoms. The van der Waals surface area contributed by atoms with Crippen molar-refractivity contribution >= 4 is 17.7 Å². The number of likely N-dealkylation sites (tertiary alicyclic amines) is 1. The Morgan fingerprint density at radius 2 is 2.22 bits per heavy atom. The van der Waals surface area contributed by atoms with E-state index >= 15 is 0 Å². The standard InChI is InChI=1S/C13H20N2O2S/c1-18-10-9-14-7-4-11(5-8-14)15-6-2-3-12(15)13(16)17/h2-3,6,11H,4-5,7-10H2,1H3,(H,16,17). The molecule has 2 rings (SSSR count). The SMILES string of the molecule is CSCCN1CCC(n2cccc2C(=O)O)CC1. The van der Waals surface area contributed by atoms with E-state index in [2.05, 4.69) is 11.2 Å². The Morgan fingerprint density at radius 1 is 1.50 bits per heavy atom. The summed E-state index contributed by atoms with van der Waals surface area (Å²) in [5.74, 6) is 0.346. The highest BCUT2D eigenvalue weighted by atomic mass is 32.2. The van der Waals surface area contributed by atoms with E-state index in [4.69, 9.17) is 5.11 Å². The molecule has 5 heteroatoms. The number of carboxylic acids is 1. The Kier molecular flexibility index (Phi) is 4.72. The number of carboxylic acid groups (broad SMARTS) is 1. The van der Waals surface area contributed by atoms with Crippen LogP contribution in [0.3, 0.4) is 0 Å². The van der Waals surface area contributed by atoms with Gasteiger partial charge in [0.25, 0.3) is 0 Å². The summed E-state index contributed by atoms with van der Waals surface area (Å²) in [4.78, 5) is 13.6. The molecule has 0 saturated carbocycles. The van der Waals surface area contributed by atoms with Crippen molar-refractivity contribution in [3.8, 4) is 0 Å². The quantitative estimate of drug-likeness (QED) is 0.889. The highest BCUT2D eigenvalue weighted by molar-refractivity contribution is 7.98. The molecule has 100 valence electrons. The van der Waals surface area contributed by atoms with Crippen LogP contribution in [0, 0.1) is 0 Å². The molecule has 0 spiro atoms. The molecule has 0 bridgehead atoms. The van der Waals surface area contributed by atoms with Gasteiger partial charge in [-0.2, -0.15) is 11.8 Å². The molecule has 1 saturated heterocycles. The third-order valence-electron chi connectivity index (χ3n) is 3.56. The van der Waals surface area contributed by atoms with Gasteiger partial charge < -0.3 is 14.6 Å². The monoisotopic (exact) mass is 268 g/mol. The lowest BCUT2D eigenvalue weighted by Gasteiger charge is -2.33. The smallest absolute Gasteiger partial charge is 0.352 e. The molecule has 1 aromatic rings. The first-order valence-electron chi connectivity index (χ1n) is 6.34. The molecule has 0 unspecified atom stereocenters. The zero-order valence-corrected chi connectivity index (χ0v) is 11.5. The van der Waals surface area contributed by atoms with E-state index in [9.17, 15) is 4.79 Å². The van der Waals surface area contributed by atoms with E-state index < -0.39 is 5.97 Å². The fourth-order valence-electron chi connectivity index (χ4n) is 2.53. The maximum atomic E-state index is 11.1. The van der Waals surface area contributed by atoms with E-state index in [0.29, 0.717) is 11.7 Å². The highest BCUT2D eigenvalue weighted by Crippen LogP contribution is 2.24. The van der Waals surface area contributed by atoms with Crippen molar-refractivity contribution in [1.82, 2.24) is 9.47 Å². The average molecular weight is 268 g/mol. The fourth-order valence-corrected chi connectivity index (χ4v) is 2.98. The number of carbonyl (C=O) groups is 1. The molecular formula is C13H20N2O2S. The van der Waals surface area contributed by atoms with Crippen molar-refractivity contribution in [1.29, 1.82) is 0 Å². The fraction of sp³-hybridized carbons (Fsp3) is 0.615. The molecule has 4 nitrogen and oxygen atoms in total. The lowest BCUT2D eigenvalue weighted by molar-refractivity contribution is 0.0678. The summed E-state index contributed by atoms with van der Waals surface area (Å²) < 4.78 is 1.92. The third-order valence-corrected chi connectivity index (χ3v) is 4.15. The van der Waals surface area contributed by atoms with Gasteiger partial charge in [-0.3, -0.25) is 0 Å². The third kappa shape index (κ3) is 3.09. The van der Waals surface area contributed by atoms with Gasteiger partial charge in [0.15, 0.2) is 0 Å². The van der Waals surface area contributed by atoms with Crippen molar-refractivity contribution in [2.45, 2.75) is 18.9 Å². The summed E-state index contributed by atoms with van der Waals surface area (Å²) >= 11 is 1.88. The zero-order chi connectivity index (χ0) is 13.0. The van der Waals surface area contributed by atoms with Gasteiger partial charge in [0.05, 0.1) is 0 Å². The topological polar surface area (TPSA) is 45.5 Å². The first-order valence-corrected chi connectivity index (χ1v) is 7.73. The van der Waals surface area contributed by atoms with Crippen LogP contribution in [0.25, 0.3) is 0 Å². The van der Waals surface area contributed by atoms with Crippen LogP contribution in [-0.2, 0) is 0 Å². The minimum atomic E-state index is -0.829. The number of rotatable bonds is 5. The Morgan fingerprint density at radius 3 is 2.83 bits per heavy atom. The summed E-state index contributed by atoms with van der Waals surface area (Å²) in [6.45, 7) is 3.29. The first-order chi connectivity index (χ1) is 8.72. The minimum Gasteiger partial charge on any atom is -0.477 e. The van der Waals surface area contributed by atoms with E-state index in [1.54, 1.807) is 6.07 Å². The predicted octanol–water partition coefficient (Wildman–Crippen LogP) is 2.19. The number of piperidine rings is 1. The number of nitrogens with zero attached hydrogens (tertiary/aromatic N) is 2. The molecule has 1 aliphatic heterocycles. The lowest BCUT2D eigenvalue weighted by atomic mass is 10.0. The molecule has 1 fully saturated rings. The molecule has 2 heterocycles. The molecule has 0 atom stereocenters. The molecular weight excluding hydrogens is 248 g/mol. The first kappa shape index (κ1) is 13.5. The van der Waals surface area contributed by atoms with E-state index in [1.165, 1.54) is 5.75 Å². The second-order valence-corrected chi connectivity index (χ2v) is 5.66. The average Bonchev–Trinajstić information content (AvgIpc) is 2.86. The van der Waals surface area contributed by atoms with Gasteiger partial charge in [-0.15, -0.1) is 0 Å². The Balaban J connectivity index is 1.93. The van der Waals surface area contributed by atoms with Gasteiger partial charge in [-0.25, -0.2) is 4.79 Å². The lowest BCUT2D eigenvalue weighted by Crippen LogP contribution is -2.36. The summed E-state index contributed by atoms with van der Waals surface area (Å²) in [6, 6.07) is 3.85. The van der Waals surface area contributed by atoms with E-state index in [-0.39, 0.29) is 0 Å². The van der Waals surface area contributed by atoms with Crippen molar-refractivity contribution in [2.75, 3.05) is 31.6 Å². The van der Waals surface area contributed by atoms with Crippen molar-refractivity contribution in [3.05, 3.63) is 24.0 Å².